The summed E-state index contributed by atoms with van der Waals surface area (Å²) in [7, 11) is 0. The van der Waals surface area contributed by atoms with E-state index in [0.717, 1.165) is 50.7 Å². The second kappa shape index (κ2) is 14.7. The Morgan fingerprint density at radius 3 is 2.16 bits per heavy atom. The molecule has 1 unspecified atom stereocenters. The number of ether oxygens (including phenoxy) is 1. The molecule has 2 aromatic rings. The van der Waals surface area contributed by atoms with Gasteiger partial charge in [-0.2, -0.15) is 0 Å². The van der Waals surface area contributed by atoms with Gasteiger partial charge in [0, 0.05) is 28.8 Å². The van der Waals surface area contributed by atoms with Crippen molar-refractivity contribution in [2.24, 2.45) is 5.41 Å². The molecule has 1 aliphatic rings. The molecule has 0 bridgehead atoms. The standard InChI is InChI=1S/C36H51ClN2O4/c1-8-34(3,4)25-18-19-29(28(23-25)35(5,6)9-2)43-22-14-17-30(40)38-26-15-13-16-27(24-26)39-33(42)31(37)32(41)36(7)20-11-10-12-21-36/h13,15-16,18-19,23-24,31H,8-12,14,17,20-22H2,1-7H3,(H,38,40)(H,39,42). The van der Waals surface area contributed by atoms with Gasteiger partial charge < -0.3 is 15.4 Å². The first kappa shape index (κ1) is 34.6. The van der Waals surface area contributed by atoms with Crippen molar-refractivity contribution in [2.75, 3.05) is 17.2 Å². The predicted octanol–water partition coefficient (Wildman–Crippen LogP) is 8.94. The molecule has 6 nitrogen and oxygen atoms in total. The van der Waals surface area contributed by atoms with Gasteiger partial charge in [0.25, 0.3) is 0 Å². The highest BCUT2D eigenvalue weighted by Crippen LogP contribution is 2.39. The van der Waals surface area contributed by atoms with Gasteiger partial charge >= 0.3 is 0 Å². The Morgan fingerprint density at radius 2 is 1.53 bits per heavy atom. The van der Waals surface area contributed by atoms with E-state index in [2.05, 4.69) is 70.4 Å². The lowest BCUT2D eigenvalue weighted by Crippen LogP contribution is -2.41. The zero-order valence-corrected chi connectivity index (χ0v) is 28.0. The molecule has 236 valence electrons. The Kier molecular flexibility index (Phi) is 11.9. The Bertz CT molecular complexity index is 1280. The average Bonchev–Trinajstić information content (AvgIpc) is 2.99. The second-order valence-corrected chi connectivity index (χ2v) is 14.0. The van der Waals surface area contributed by atoms with Crippen LogP contribution in [0, 0.1) is 5.41 Å². The van der Waals surface area contributed by atoms with Gasteiger partial charge in [-0.1, -0.05) is 85.9 Å². The molecule has 0 spiro atoms. The fourth-order valence-electron chi connectivity index (χ4n) is 5.52. The van der Waals surface area contributed by atoms with Crippen LogP contribution in [-0.2, 0) is 25.2 Å². The number of carbonyl (C=O) groups is 3. The molecule has 0 radical (unpaired) electrons. The van der Waals surface area contributed by atoms with E-state index < -0.39 is 16.7 Å². The van der Waals surface area contributed by atoms with Crippen LogP contribution in [0.4, 0.5) is 11.4 Å². The number of hydrogen-bond donors (Lipinski definition) is 2. The number of nitrogens with one attached hydrogen (secondary N) is 2. The smallest absolute Gasteiger partial charge is 0.250 e. The molecule has 2 amide bonds. The predicted molar refractivity (Wildman–Crippen MR) is 177 cm³/mol. The largest absolute Gasteiger partial charge is 0.493 e. The van der Waals surface area contributed by atoms with Gasteiger partial charge in [-0.25, -0.2) is 0 Å². The maximum atomic E-state index is 13.0. The first-order chi connectivity index (χ1) is 20.2. The van der Waals surface area contributed by atoms with Crippen LogP contribution in [0.3, 0.4) is 0 Å². The number of halogens is 1. The molecule has 0 aliphatic heterocycles. The Balaban J connectivity index is 1.54. The van der Waals surface area contributed by atoms with Crippen molar-refractivity contribution in [1.82, 2.24) is 0 Å². The molecule has 1 atom stereocenters. The van der Waals surface area contributed by atoms with E-state index in [-0.39, 0.29) is 22.5 Å². The van der Waals surface area contributed by atoms with E-state index in [9.17, 15) is 14.4 Å². The highest BCUT2D eigenvalue weighted by Gasteiger charge is 2.40. The summed E-state index contributed by atoms with van der Waals surface area (Å²) >= 11 is 6.33. The Labute approximate surface area is 263 Å². The number of rotatable bonds is 14. The minimum Gasteiger partial charge on any atom is -0.493 e. The lowest BCUT2D eigenvalue weighted by Gasteiger charge is -2.33. The highest BCUT2D eigenvalue weighted by molar-refractivity contribution is 6.43. The van der Waals surface area contributed by atoms with E-state index in [1.165, 1.54) is 11.1 Å². The fourth-order valence-corrected chi connectivity index (χ4v) is 5.84. The van der Waals surface area contributed by atoms with Crippen molar-refractivity contribution in [3.05, 3.63) is 53.6 Å². The number of anilines is 2. The molecule has 3 rings (SSSR count). The molecule has 43 heavy (non-hydrogen) atoms. The molecular weight excluding hydrogens is 560 g/mol. The number of hydrogen-bond acceptors (Lipinski definition) is 4. The first-order valence-electron chi connectivity index (χ1n) is 15.9. The van der Waals surface area contributed by atoms with Gasteiger partial charge in [0.2, 0.25) is 11.8 Å². The molecule has 0 aromatic heterocycles. The highest BCUT2D eigenvalue weighted by atomic mass is 35.5. The summed E-state index contributed by atoms with van der Waals surface area (Å²) in [6, 6.07) is 13.4. The van der Waals surface area contributed by atoms with Crippen molar-refractivity contribution >= 4 is 40.6 Å². The van der Waals surface area contributed by atoms with Crippen LogP contribution in [0.25, 0.3) is 0 Å². The quantitative estimate of drug-likeness (QED) is 0.127. The topological polar surface area (TPSA) is 84.5 Å². The fraction of sp³-hybridized carbons (Fsp3) is 0.583. The van der Waals surface area contributed by atoms with Crippen LogP contribution in [0.5, 0.6) is 5.75 Å². The molecule has 0 saturated heterocycles. The molecule has 1 aliphatic carbocycles. The molecule has 2 aromatic carbocycles. The zero-order valence-electron chi connectivity index (χ0n) is 27.2. The SMILES string of the molecule is CCC(C)(C)c1ccc(OCCCC(=O)Nc2cccc(NC(=O)C(Cl)C(=O)C3(C)CCCCC3)c2)c(C(C)(C)CC)c1. The van der Waals surface area contributed by atoms with Crippen molar-refractivity contribution < 1.29 is 19.1 Å². The number of alkyl halides is 1. The molecule has 1 saturated carbocycles. The minimum atomic E-state index is -1.25. The summed E-state index contributed by atoms with van der Waals surface area (Å²) in [4.78, 5) is 38.5. The minimum absolute atomic E-state index is 0.0302. The van der Waals surface area contributed by atoms with Crippen LogP contribution in [0.2, 0.25) is 0 Å². The third-order valence-corrected chi connectivity index (χ3v) is 9.89. The number of Topliss-reactive ketones (excluding diaryl/α,β-unsaturated/α-hetero) is 1. The van der Waals surface area contributed by atoms with E-state index in [0.29, 0.717) is 30.8 Å². The van der Waals surface area contributed by atoms with Crippen molar-refractivity contribution in [1.29, 1.82) is 0 Å². The van der Waals surface area contributed by atoms with E-state index in [1.54, 1.807) is 24.3 Å². The summed E-state index contributed by atoms with van der Waals surface area (Å²) in [5, 5.41) is 4.38. The van der Waals surface area contributed by atoms with Gasteiger partial charge in [-0.3, -0.25) is 14.4 Å². The average molecular weight is 611 g/mol. The lowest BCUT2D eigenvalue weighted by molar-refractivity contribution is -0.132. The van der Waals surface area contributed by atoms with Crippen molar-refractivity contribution in [3.63, 3.8) is 0 Å². The van der Waals surface area contributed by atoms with Gasteiger partial charge in [0.15, 0.2) is 11.2 Å². The van der Waals surface area contributed by atoms with E-state index >= 15 is 0 Å². The van der Waals surface area contributed by atoms with E-state index in [1.807, 2.05) is 6.92 Å². The summed E-state index contributed by atoms with van der Waals surface area (Å²) in [5.41, 5.74) is 3.05. The first-order valence-corrected chi connectivity index (χ1v) is 16.3. The molecule has 1 fully saturated rings. The maximum absolute atomic E-state index is 13.0. The van der Waals surface area contributed by atoms with Gasteiger partial charge in [0.05, 0.1) is 6.61 Å². The molecule has 0 heterocycles. The van der Waals surface area contributed by atoms with Gasteiger partial charge in [-0.15, -0.1) is 11.6 Å². The molecular formula is C36H51ClN2O4. The summed E-state index contributed by atoms with van der Waals surface area (Å²) < 4.78 is 6.22. The molecule has 7 heteroatoms. The van der Waals surface area contributed by atoms with Crippen LogP contribution >= 0.6 is 11.6 Å². The number of carbonyl (C=O) groups excluding carboxylic acids is 3. The van der Waals surface area contributed by atoms with Crippen LogP contribution in [0.1, 0.15) is 117 Å². The Morgan fingerprint density at radius 1 is 0.907 bits per heavy atom. The monoisotopic (exact) mass is 610 g/mol. The Hall–Kier alpha value is -2.86. The summed E-state index contributed by atoms with van der Waals surface area (Å²) in [5.74, 6) is -0.0306. The number of ketones is 1. The van der Waals surface area contributed by atoms with Crippen molar-refractivity contribution in [3.8, 4) is 5.75 Å². The summed E-state index contributed by atoms with van der Waals surface area (Å²) in [6.45, 7) is 15.8. The third-order valence-electron chi connectivity index (χ3n) is 9.49. The lowest BCUT2D eigenvalue weighted by atomic mass is 9.72. The molecule has 2 N–H and O–H groups in total. The third kappa shape index (κ3) is 9.07. The van der Waals surface area contributed by atoms with Crippen molar-refractivity contribution in [2.45, 2.75) is 122 Å². The van der Waals surface area contributed by atoms with Crippen LogP contribution in [0.15, 0.2) is 42.5 Å². The zero-order chi connectivity index (χ0) is 31.8. The second-order valence-electron chi connectivity index (χ2n) is 13.6. The van der Waals surface area contributed by atoms with E-state index in [4.69, 9.17) is 16.3 Å². The number of amides is 2. The van der Waals surface area contributed by atoms with Gasteiger partial charge in [0.1, 0.15) is 5.75 Å². The van der Waals surface area contributed by atoms with Crippen LogP contribution in [-0.4, -0.2) is 29.6 Å². The van der Waals surface area contributed by atoms with Gasteiger partial charge in [-0.05, 0) is 72.8 Å². The summed E-state index contributed by atoms with van der Waals surface area (Å²) in [6.07, 6.45) is 7.47. The number of benzene rings is 2. The maximum Gasteiger partial charge on any atom is 0.250 e. The van der Waals surface area contributed by atoms with Crippen LogP contribution < -0.4 is 15.4 Å². The normalized spacial score (nSPS) is 15.8.